The molecule has 102 valence electrons. The van der Waals surface area contributed by atoms with Crippen LogP contribution in [0.3, 0.4) is 0 Å². The van der Waals surface area contributed by atoms with Gasteiger partial charge in [-0.1, -0.05) is 11.3 Å². The van der Waals surface area contributed by atoms with Gasteiger partial charge in [0.15, 0.2) is 5.13 Å². The van der Waals surface area contributed by atoms with Crippen molar-refractivity contribution in [1.82, 2.24) is 10.3 Å². The Morgan fingerprint density at radius 1 is 1.58 bits per heavy atom. The molecule has 0 radical (unpaired) electrons. The first kappa shape index (κ1) is 12.7. The van der Waals surface area contributed by atoms with Crippen molar-refractivity contribution in [3.05, 3.63) is 34.7 Å². The molecular weight excluding hydrogens is 258 g/mol. The quantitative estimate of drug-likeness (QED) is 0.933. The van der Waals surface area contributed by atoms with E-state index in [4.69, 9.17) is 9.40 Å². The second-order valence-electron chi connectivity index (χ2n) is 5.03. The molecule has 1 unspecified atom stereocenters. The van der Waals surface area contributed by atoms with E-state index in [0.717, 1.165) is 18.1 Å². The van der Waals surface area contributed by atoms with E-state index in [1.807, 2.05) is 24.5 Å². The minimum Gasteiger partial charge on any atom is -0.472 e. The number of furan rings is 1. The van der Waals surface area contributed by atoms with Crippen LogP contribution in [0.4, 0.5) is 5.13 Å². The lowest BCUT2D eigenvalue weighted by molar-refractivity contribution is 0.501. The minimum absolute atomic E-state index is 0.484. The zero-order valence-electron chi connectivity index (χ0n) is 11.3. The summed E-state index contributed by atoms with van der Waals surface area (Å²) in [4.78, 5) is 8.42. The van der Waals surface area contributed by atoms with Crippen LogP contribution in [0.1, 0.15) is 35.0 Å². The van der Waals surface area contributed by atoms with Crippen LogP contribution < -0.4 is 10.2 Å². The van der Waals surface area contributed by atoms with Crippen molar-refractivity contribution in [3.8, 4) is 0 Å². The SMILES string of the molecule is CNC1CCCc2nc(N(C)Cc3ccoc3)sc21. The van der Waals surface area contributed by atoms with Gasteiger partial charge in [0.2, 0.25) is 0 Å². The topological polar surface area (TPSA) is 41.3 Å². The molecule has 0 bridgehead atoms. The maximum Gasteiger partial charge on any atom is 0.185 e. The maximum absolute atomic E-state index is 5.11. The first-order chi connectivity index (χ1) is 9.28. The summed E-state index contributed by atoms with van der Waals surface area (Å²) < 4.78 is 5.11. The minimum atomic E-state index is 0.484. The maximum atomic E-state index is 5.11. The fourth-order valence-electron chi connectivity index (χ4n) is 2.57. The van der Waals surface area contributed by atoms with E-state index in [9.17, 15) is 0 Å². The van der Waals surface area contributed by atoms with Crippen molar-refractivity contribution >= 4 is 16.5 Å². The van der Waals surface area contributed by atoms with Crippen LogP contribution in [0.15, 0.2) is 23.0 Å². The highest BCUT2D eigenvalue weighted by atomic mass is 32.1. The number of aromatic nitrogens is 1. The smallest absolute Gasteiger partial charge is 0.185 e. The van der Waals surface area contributed by atoms with Gasteiger partial charge in [-0.3, -0.25) is 0 Å². The highest BCUT2D eigenvalue weighted by molar-refractivity contribution is 7.15. The summed E-state index contributed by atoms with van der Waals surface area (Å²) in [6.07, 6.45) is 7.07. The molecule has 0 amide bonds. The molecule has 1 aliphatic carbocycles. The second kappa shape index (κ2) is 5.35. The number of hydrogen-bond acceptors (Lipinski definition) is 5. The van der Waals surface area contributed by atoms with Gasteiger partial charge in [-0.2, -0.15) is 0 Å². The number of hydrogen-bond donors (Lipinski definition) is 1. The molecule has 0 saturated heterocycles. The standard InChI is InChI=1S/C14H19N3OS/c1-15-11-4-3-5-12-13(11)19-14(16-12)17(2)8-10-6-7-18-9-10/h6-7,9,11,15H,3-5,8H2,1-2H3. The third-order valence-electron chi connectivity index (χ3n) is 3.61. The molecule has 1 atom stereocenters. The Balaban J connectivity index is 1.80. The lowest BCUT2D eigenvalue weighted by Crippen LogP contribution is -2.19. The molecule has 0 aliphatic heterocycles. The summed E-state index contributed by atoms with van der Waals surface area (Å²) in [6.45, 7) is 0.840. The Bertz CT molecular complexity index is 535. The van der Waals surface area contributed by atoms with Crippen LogP contribution in [0.5, 0.6) is 0 Å². The first-order valence-electron chi connectivity index (χ1n) is 6.67. The molecule has 1 N–H and O–H groups in total. The van der Waals surface area contributed by atoms with Crippen molar-refractivity contribution in [2.45, 2.75) is 31.8 Å². The zero-order valence-corrected chi connectivity index (χ0v) is 12.2. The number of aryl methyl sites for hydroxylation is 1. The molecular formula is C14H19N3OS. The average Bonchev–Trinajstić information content (AvgIpc) is 3.06. The van der Waals surface area contributed by atoms with Crippen molar-refractivity contribution in [2.24, 2.45) is 0 Å². The lowest BCUT2D eigenvalue weighted by Gasteiger charge is -2.19. The van der Waals surface area contributed by atoms with E-state index >= 15 is 0 Å². The van der Waals surface area contributed by atoms with Crippen LogP contribution in [-0.2, 0) is 13.0 Å². The predicted octanol–water partition coefficient (Wildman–Crippen LogP) is 2.97. The molecule has 4 nitrogen and oxygen atoms in total. The largest absolute Gasteiger partial charge is 0.472 e. The van der Waals surface area contributed by atoms with Crippen molar-refractivity contribution in [3.63, 3.8) is 0 Å². The normalized spacial score (nSPS) is 18.3. The lowest BCUT2D eigenvalue weighted by atomic mass is 9.98. The van der Waals surface area contributed by atoms with Gasteiger partial charge in [-0.25, -0.2) is 4.98 Å². The molecule has 2 heterocycles. The Hall–Kier alpha value is -1.33. The molecule has 2 aromatic heterocycles. The molecule has 5 heteroatoms. The Kier molecular flexibility index (Phi) is 3.57. The van der Waals surface area contributed by atoms with Gasteiger partial charge < -0.3 is 14.6 Å². The van der Waals surface area contributed by atoms with Crippen molar-refractivity contribution < 1.29 is 4.42 Å². The molecule has 0 aromatic carbocycles. The predicted molar refractivity (Wildman–Crippen MR) is 77.7 cm³/mol. The number of anilines is 1. The third kappa shape index (κ3) is 2.53. The van der Waals surface area contributed by atoms with Gasteiger partial charge in [-0.05, 0) is 32.4 Å². The fourth-order valence-corrected chi connectivity index (χ4v) is 3.79. The number of fused-ring (bicyclic) bond motifs is 1. The monoisotopic (exact) mass is 277 g/mol. The van der Waals surface area contributed by atoms with Crippen LogP contribution in [-0.4, -0.2) is 19.1 Å². The molecule has 19 heavy (non-hydrogen) atoms. The highest BCUT2D eigenvalue weighted by Gasteiger charge is 2.24. The van der Waals surface area contributed by atoms with Crippen LogP contribution >= 0.6 is 11.3 Å². The van der Waals surface area contributed by atoms with E-state index in [0.29, 0.717) is 6.04 Å². The zero-order chi connectivity index (χ0) is 13.2. The first-order valence-corrected chi connectivity index (χ1v) is 7.48. The molecule has 0 spiro atoms. The summed E-state index contributed by atoms with van der Waals surface area (Å²) in [5, 5.41) is 4.50. The highest BCUT2D eigenvalue weighted by Crippen LogP contribution is 2.37. The van der Waals surface area contributed by atoms with Crippen LogP contribution in [0, 0.1) is 0 Å². The molecule has 0 fully saturated rings. The van der Waals surface area contributed by atoms with Gasteiger partial charge in [0, 0.05) is 30.1 Å². The number of thiazole rings is 1. The summed E-state index contributed by atoms with van der Waals surface area (Å²) in [7, 11) is 4.13. The number of rotatable bonds is 4. The average molecular weight is 277 g/mol. The fraction of sp³-hybridized carbons (Fsp3) is 0.500. The Labute approximate surface area is 117 Å². The Morgan fingerprint density at radius 3 is 3.21 bits per heavy atom. The number of nitrogens with one attached hydrogen (secondary N) is 1. The van der Waals surface area contributed by atoms with Gasteiger partial charge in [0.05, 0.1) is 18.2 Å². The molecule has 2 aromatic rings. The van der Waals surface area contributed by atoms with Gasteiger partial charge in [0.1, 0.15) is 0 Å². The van der Waals surface area contributed by atoms with E-state index < -0.39 is 0 Å². The summed E-state index contributed by atoms with van der Waals surface area (Å²) in [5.74, 6) is 0. The van der Waals surface area contributed by atoms with Crippen LogP contribution in [0.25, 0.3) is 0 Å². The molecule has 0 saturated carbocycles. The molecule has 1 aliphatic rings. The van der Waals surface area contributed by atoms with Gasteiger partial charge in [0.25, 0.3) is 0 Å². The van der Waals surface area contributed by atoms with Crippen molar-refractivity contribution in [1.29, 1.82) is 0 Å². The summed E-state index contributed by atoms with van der Waals surface area (Å²) in [6, 6.07) is 2.48. The second-order valence-corrected chi connectivity index (χ2v) is 6.04. The Morgan fingerprint density at radius 2 is 2.47 bits per heavy atom. The van der Waals surface area contributed by atoms with E-state index in [1.165, 1.54) is 29.0 Å². The van der Waals surface area contributed by atoms with E-state index in [-0.39, 0.29) is 0 Å². The van der Waals surface area contributed by atoms with E-state index in [2.05, 4.69) is 17.3 Å². The molecule has 3 rings (SSSR count). The van der Waals surface area contributed by atoms with Crippen LogP contribution in [0.2, 0.25) is 0 Å². The number of nitrogens with zero attached hydrogens (tertiary/aromatic N) is 2. The third-order valence-corrected chi connectivity index (χ3v) is 4.94. The van der Waals surface area contributed by atoms with Crippen molar-refractivity contribution in [2.75, 3.05) is 19.0 Å². The van der Waals surface area contributed by atoms with Gasteiger partial charge >= 0.3 is 0 Å². The summed E-state index contributed by atoms with van der Waals surface area (Å²) >= 11 is 1.82. The summed E-state index contributed by atoms with van der Waals surface area (Å²) in [5.41, 5.74) is 2.46. The van der Waals surface area contributed by atoms with Gasteiger partial charge in [-0.15, -0.1) is 0 Å². The van der Waals surface area contributed by atoms with E-state index in [1.54, 1.807) is 12.5 Å².